The molecule has 0 spiro atoms. The molecule has 17 heavy (non-hydrogen) atoms. The van der Waals surface area contributed by atoms with Gasteiger partial charge in [0.15, 0.2) is 0 Å². The third kappa shape index (κ3) is 2.77. The Morgan fingerprint density at radius 3 is 3.12 bits per heavy atom. The van der Waals surface area contributed by atoms with E-state index in [1.54, 1.807) is 18.3 Å². The van der Waals surface area contributed by atoms with Crippen LogP contribution in [0.1, 0.15) is 12.8 Å². The van der Waals surface area contributed by atoms with Gasteiger partial charge in [0.25, 0.3) is 0 Å². The number of carbonyl (C=O) groups is 1. The average molecular weight is 236 g/mol. The minimum Gasteiger partial charge on any atom is -0.465 e. The van der Waals surface area contributed by atoms with Gasteiger partial charge in [0, 0.05) is 13.1 Å². The summed E-state index contributed by atoms with van der Waals surface area (Å²) in [5.74, 6) is 0.719. The van der Waals surface area contributed by atoms with Crippen molar-refractivity contribution in [1.29, 1.82) is 0 Å². The van der Waals surface area contributed by atoms with E-state index in [2.05, 4.69) is 10.3 Å². The van der Waals surface area contributed by atoms with Crippen molar-refractivity contribution in [2.45, 2.75) is 18.9 Å². The summed E-state index contributed by atoms with van der Waals surface area (Å²) in [6, 6.07) is 3.58. The maximum atomic E-state index is 10.9. The number of likely N-dealkylation sites (tertiary alicyclic amines) is 1. The summed E-state index contributed by atoms with van der Waals surface area (Å²) in [6.45, 7) is 1.21. The van der Waals surface area contributed by atoms with Crippen LogP contribution < -0.4 is 11.1 Å². The first-order chi connectivity index (χ1) is 8.16. The molecule has 1 saturated heterocycles. The molecule has 1 unspecified atom stereocenters. The number of rotatable bonds is 3. The zero-order valence-electron chi connectivity index (χ0n) is 9.47. The molecule has 2 rings (SSSR count). The molecule has 6 nitrogen and oxygen atoms in total. The van der Waals surface area contributed by atoms with Gasteiger partial charge in [0.1, 0.15) is 5.82 Å². The standard InChI is InChI=1S/C11H16N4O2/c12-8-3-4-10(13-6-8)14-7-9-2-1-5-15(9)11(16)17/h3-4,6,9H,1-2,5,7,12H2,(H,13,14)(H,16,17). The lowest BCUT2D eigenvalue weighted by molar-refractivity contribution is 0.142. The van der Waals surface area contributed by atoms with Crippen molar-refractivity contribution in [3.8, 4) is 0 Å². The Labute approximate surface area is 99.4 Å². The van der Waals surface area contributed by atoms with Crippen molar-refractivity contribution in [2.24, 2.45) is 0 Å². The fourth-order valence-corrected chi connectivity index (χ4v) is 2.03. The SMILES string of the molecule is Nc1ccc(NCC2CCCN2C(=O)O)nc1. The molecule has 0 radical (unpaired) electrons. The average Bonchev–Trinajstić information content (AvgIpc) is 2.76. The van der Waals surface area contributed by atoms with Crippen LogP contribution in [0.4, 0.5) is 16.3 Å². The minimum atomic E-state index is -0.848. The van der Waals surface area contributed by atoms with Gasteiger partial charge in [-0.05, 0) is 25.0 Å². The quantitative estimate of drug-likeness (QED) is 0.734. The molecule has 1 amide bonds. The summed E-state index contributed by atoms with van der Waals surface area (Å²) in [6.07, 6.45) is 2.55. The zero-order chi connectivity index (χ0) is 12.3. The van der Waals surface area contributed by atoms with Gasteiger partial charge in [-0.3, -0.25) is 0 Å². The van der Waals surface area contributed by atoms with Crippen LogP contribution in [0.2, 0.25) is 0 Å². The summed E-state index contributed by atoms with van der Waals surface area (Å²) < 4.78 is 0. The Kier molecular flexibility index (Phi) is 3.32. The van der Waals surface area contributed by atoms with Crippen molar-refractivity contribution >= 4 is 17.6 Å². The van der Waals surface area contributed by atoms with Crippen molar-refractivity contribution in [3.05, 3.63) is 18.3 Å². The molecule has 92 valence electrons. The van der Waals surface area contributed by atoms with E-state index >= 15 is 0 Å². The molecule has 4 N–H and O–H groups in total. The predicted octanol–water partition coefficient (Wildman–Crippen LogP) is 1.22. The maximum Gasteiger partial charge on any atom is 0.407 e. The van der Waals surface area contributed by atoms with Crippen LogP contribution in [0.25, 0.3) is 0 Å². The van der Waals surface area contributed by atoms with E-state index in [4.69, 9.17) is 10.8 Å². The first-order valence-corrected chi connectivity index (χ1v) is 5.62. The minimum absolute atomic E-state index is 0.0341. The van der Waals surface area contributed by atoms with Crippen LogP contribution in [0.5, 0.6) is 0 Å². The fraction of sp³-hybridized carbons (Fsp3) is 0.455. The number of hydrogen-bond acceptors (Lipinski definition) is 4. The number of pyridine rings is 1. The van der Waals surface area contributed by atoms with E-state index in [1.807, 2.05) is 0 Å². The zero-order valence-corrected chi connectivity index (χ0v) is 9.47. The van der Waals surface area contributed by atoms with Gasteiger partial charge in [0.2, 0.25) is 0 Å². The topological polar surface area (TPSA) is 91.5 Å². The Hall–Kier alpha value is -1.98. The number of hydrogen-bond donors (Lipinski definition) is 3. The number of nitrogen functional groups attached to an aromatic ring is 1. The van der Waals surface area contributed by atoms with Crippen LogP contribution in [-0.4, -0.2) is 40.2 Å². The van der Waals surface area contributed by atoms with E-state index in [-0.39, 0.29) is 6.04 Å². The Balaban J connectivity index is 1.89. The normalized spacial score (nSPS) is 19.3. The molecule has 1 aromatic rings. The number of aromatic nitrogens is 1. The first kappa shape index (κ1) is 11.5. The second kappa shape index (κ2) is 4.90. The summed E-state index contributed by atoms with van der Waals surface area (Å²) in [7, 11) is 0. The molecular weight excluding hydrogens is 220 g/mol. The summed E-state index contributed by atoms with van der Waals surface area (Å²) in [4.78, 5) is 16.5. The lowest BCUT2D eigenvalue weighted by atomic mass is 10.2. The van der Waals surface area contributed by atoms with Crippen LogP contribution >= 0.6 is 0 Å². The molecule has 1 aliphatic heterocycles. The smallest absolute Gasteiger partial charge is 0.407 e. The molecule has 0 aliphatic carbocycles. The first-order valence-electron chi connectivity index (χ1n) is 5.62. The van der Waals surface area contributed by atoms with Crippen molar-refractivity contribution in [3.63, 3.8) is 0 Å². The van der Waals surface area contributed by atoms with Crippen LogP contribution in [0, 0.1) is 0 Å². The van der Waals surface area contributed by atoms with E-state index in [0.29, 0.717) is 18.8 Å². The van der Waals surface area contributed by atoms with Gasteiger partial charge in [-0.25, -0.2) is 9.78 Å². The number of nitrogens with one attached hydrogen (secondary N) is 1. The number of amides is 1. The van der Waals surface area contributed by atoms with Crippen LogP contribution in [0.15, 0.2) is 18.3 Å². The molecule has 0 bridgehead atoms. The van der Waals surface area contributed by atoms with Gasteiger partial charge in [-0.2, -0.15) is 0 Å². The number of carboxylic acid groups (broad SMARTS) is 1. The molecule has 2 heterocycles. The van der Waals surface area contributed by atoms with Crippen LogP contribution in [-0.2, 0) is 0 Å². The van der Waals surface area contributed by atoms with Crippen molar-refractivity contribution in [1.82, 2.24) is 9.88 Å². The Morgan fingerprint density at radius 2 is 2.47 bits per heavy atom. The lowest BCUT2D eigenvalue weighted by Gasteiger charge is -2.21. The Bertz CT molecular complexity index is 393. The molecule has 1 fully saturated rings. The second-order valence-corrected chi connectivity index (χ2v) is 4.13. The van der Waals surface area contributed by atoms with Crippen molar-refractivity contribution in [2.75, 3.05) is 24.1 Å². The van der Waals surface area contributed by atoms with E-state index < -0.39 is 6.09 Å². The van der Waals surface area contributed by atoms with Crippen LogP contribution in [0.3, 0.4) is 0 Å². The summed E-state index contributed by atoms with van der Waals surface area (Å²) >= 11 is 0. The molecule has 1 atom stereocenters. The van der Waals surface area contributed by atoms with Gasteiger partial charge in [-0.15, -0.1) is 0 Å². The Morgan fingerprint density at radius 1 is 1.65 bits per heavy atom. The fourth-order valence-electron chi connectivity index (χ4n) is 2.03. The molecule has 0 saturated carbocycles. The number of nitrogens with zero attached hydrogens (tertiary/aromatic N) is 2. The molecule has 1 aromatic heterocycles. The molecule has 1 aliphatic rings. The second-order valence-electron chi connectivity index (χ2n) is 4.13. The van der Waals surface area contributed by atoms with E-state index in [1.165, 1.54) is 4.90 Å². The highest BCUT2D eigenvalue weighted by Crippen LogP contribution is 2.17. The highest BCUT2D eigenvalue weighted by Gasteiger charge is 2.27. The molecule has 0 aromatic carbocycles. The molecule has 6 heteroatoms. The van der Waals surface area contributed by atoms with E-state index in [9.17, 15) is 4.79 Å². The summed E-state index contributed by atoms with van der Waals surface area (Å²) in [5, 5.41) is 12.1. The number of anilines is 2. The summed E-state index contributed by atoms with van der Waals surface area (Å²) in [5.41, 5.74) is 6.14. The highest BCUT2D eigenvalue weighted by atomic mass is 16.4. The van der Waals surface area contributed by atoms with Crippen molar-refractivity contribution < 1.29 is 9.90 Å². The predicted molar refractivity (Wildman–Crippen MR) is 64.9 cm³/mol. The number of nitrogens with two attached hydrogens (primary N) is 1. The maximum absolute atomic E-state index is 10.9. The highest BCUT2D eigenvalue weighted by molar-refractivity contribution is 5.66. The van der Waals surface area contributed by atoms with E-state index in [0.717, 1.165) is 18.7 Å². The van der Waals surface area contributed by atoms with Gasteiger partial charge >= 0.3 is 6.09 Å². The monoisotopic (exact) mass is 236 g/mol. The van der Waals surface area contributed by atoms with Gasteiger partial charge in [-0.1, -0.05) is 0 Å². The van der Waals surface area contributed by atoms with Gasteiger partial charge < -0.3 is 21.1 Å². The largest absolute Gasteiger partial charge is 0.465 e. The third-order valence-electron chi connectivity index (χ3n) is 2.93. The molecular formula is C11H16N4O2. The lowest BCUT2D eigenvalue weighted by Crippen LogP contribution is -2.38. The van der Waals surface area contributed by atoms with Gasteiger partial charge in [0.05, 0.1) is 17.9 Å². The third-order valence-corrected chi connectivity index (χ3v) is 2.93.